The van der Waals surface area contributed by atoms with Crippen molar-refractivity contribution in [3.63, 3.8) is 0 Å². The average Bonchev–Trinajstić information content (AvgIpc) is 2.21. The summed E-state index contributed by atoms with van der Waals surface area (Å²) in [5, 5.41) is 0.554. The van der Waals surface area contributed by atoms with Gasteiger partial charge in [0, 0.05) is 16.6 Å². The van der Waals surface area contributed by atoms with Gasteiger partial charge in [0.25, 0.3) is 0 Å². The van der Waals surface area contributed by atoms with E-state index in [2.05, 4.69) is 34.7 Å². The van der Waals surface area contributed by atoms with E-state index < -0.39 is 0 Å². The first-order valence-electron chi connectivity index (χ1n) is 4.94. The molecule has 0 unspecified atom stereocenters. The summed E-state index contributed by atoms with van der Waals surface area (Å²) < 4.78 is 14.1. The third-order valence-electron chi connectivity index (χ3n) is 2.38. The van der Waals surface area contributed by atoms with E-state index in [4.69, 9.17) is 11.6 Å². The van der Waals surface area contributed by atoms with Crippen LogP contribution < -0.4 is 0 Å². The Labute approximate surface area is 103 Å². The van der Waals surface area contributed by atoms with E-state index in [9.17, 15) is 4.39 Å². The van der Waals surface area contributed by atoms with Gasteiger partial charge in [-0.3, -0.25) is 4.90 Å². The van der Waals surface area contributed by atoms with Crippen molar-refractivity contribution in [2.24, 2.45) is 0 Å². The van der Waals surface area contributed by atoms with Crippen molar-refractivity contribution in [3.05, 3.63) is 33.0 Å². The minimum atomic E-state index is -0.210. The molecule has 84 valence electrons. The molecule has 0 saturated heterocycles. The first-order valence-corrected chi connectivity index (χ1v) is 6.11. The average molecular weight is 295 g/mol. The number of nitrogens with zero attached hydrogens (tertiary/aromatic N) is 1. The highest BCUT2D eigenvalue weighted by Gasteiger charge is 2.09. The fraction of sp³-hybridized carbons (Fsp3) is 0.455. The first kappa shape index (κ1) is 12.9. The van der Waals surface area contributed by atoms with Crippen LogP contribution in [0.5, 0.6) is 0 Å². The highest BCUT2D eigenvalue weighted by molar-refractivity contribution is 9.10. The predicted octanol–water partition coefficient (Wildman–Crippen LogP) is 4.08. The molecule has 0 atom stereocenters. The molecule has 1 rings (SSSR count). The van der Waals surface area contributed by atoms with Gasteiger partial charge in [0.15, 0.2) is 0 Å². The molecular weight excluding hydrogens is 280 g/mol. The van der Waals surface area contributed by atoms with E-state index in [-0.39, 0.29) is 5.82 Å². The lowest BCUT2D eigenvalue weighted by Gasteiger charge is -2.18. The SMILES string of the molecule is CCN(CC)Cc1cc(Cl)c(Br)cc1F. The maximum Gasteiger partial charge on any atom is 0.128 e. The third kappa shape index (κ3) is 3.44. The topological polar surface area (TPSA) is 3.24 Å². The summed E-state index contributed by atoms with van der Waals surface area (Å²) in [6, 6.07) is 3.10. The molecule has 0 aliphatic rings. The molecular formula is C11H14BrClFN. The summed E-state index contributed by atoms with van der Waals surface area (Å²) in [6.07, 6.45) is 0. The van der Waals surface area contributed by atoms with Gasteiger partial charge in [-0.1, -0.05) is 25.4 Å². The van der Waals surface area contributed by atoms with Gasteiger partial charge >= 0.3 is 0 Å². The van der Waals surface area contributed by atoms with Crippen molar-refractivity contribution in [1.29, 1.82) is 0 Å². The normalized spacial score (nSPS) is 11.1. The molecule has 0 N–H and O–H groups in total. The van der Waals surface area contributed by atoms with Crippen molar-refractivity contribution in [3.8, 4) is 0 Å². The lowest BCUT2D eigenvalue weighted by atomic mass is 10.2. The second-order valence-corrected chi connectivity index (χ2v) is 4.58. The fourth-order valence-electron chi connectivity index (χ4n) is 1.37. The zero-order chi connectivity index (χ0) is 11.4. The molecule has 0 aliphatic carbocycles. The van der Waals surface area contributed by atoms with Crippen molar-refractivity contribution in [2.45, 2.75) is 20.4 Å². The van der Waals surface area contributed by atoms with Crippen LogP contribution in [-0.4, -0.2) is 18.0 Å². The third-order valence-corrected chi connectivity index (χ3v) is 3.57. The minimum Gasteiger partial charge on any atom is -0.300 e. The molecule has 0 aromatic heterocycles. The maximum atomic E-state index is 13.5. The van der Waals surface area contributed by atoms with Crippen molar-refractivity contribution < 1.29 is 4.39 Å². The van der Waals surface area contributed by atoms with E-state index >= 15 is 0 Å². The Bertz CT molecular complexity index is 340. The second kappa shape index (κ2) is 5.83. The Balaban J connectivity index is 2.89. The van der Waals surface area contributed by atoms with Gasteiger partial charge in [-0.15, -0.1) is 0 Å². The maximum absolute atomic E-state index is 13.5. The van der Waals surface area contributed by atoms with Gasteiger partial charge in [0.05, 0.1) is 5.02 Å². The van der Waals surface area contributed by atoms with Crippen LogP contribution in [0, 0.1) is 5.82 Å². The Kier molecular flexibility index (Phi) is 5.03. The van der Waals surface area contributed by atoms with Gasteiger partial charge in [-0.25, -0.2) is 4.39 Å². The van der Waals surface area contributed by atoms with Crippen LogP contribution >= 0.6 is 27.5 Å². The van der Waals surface area contributed by atoms with Gasteiger partial charge in [-0.05, 0) is 41.2 Å². The largest absolute Gasteiger partial charge is 0.300 e. The molecule has 1 nitrogen and oxygen atoms in total. The molecule has 0 amide bonds. The number of rotatable bonds is 4. The Morgan fingerprint density at radius 3 is 2.47 bits per heavy atom. The van der Waals surface area contributed by atoms with Crippen LogP contribution in [0.4, 0.5) is 4.39 Å². The minimum absolute atomic E-state index is 0.210. The van der Waals surface area contributed by atoms with E-state index in [1.54, 1.807) is 6.07 Å². The Hall–Kier alpha value is -0.120. The molecule has 0 saturated carbocycles. The van der Waals surface area contributed by atoms with Crippen LogP contribution in [0.3, 0.4) is 0 Å². The summed E-state index contributed by atoms with van der Waals surface area (Å²) in [7, 11) is 0. The van der Waals surface area contributed by atoms with Crippen LogP contribution in [0.1, 0.15) is 19.4 Å². The zero-order valence-electron chi connectivity index (χ0n) is 8.86. The molecule has 0 heterocycles. The highest BCUT2D eigenvalue weighted by Crippen LogP contribution is 2.26. The quantitative estimate of drug-likeness (QED) is 0.756. The molecule has 0 bridgehead atoms. The molecule has 0 aliphatic heterocycles. The van der Waals surface area contributed by atoms with E-state index in [1.165, 1.54) is 6.07 Å². The molecule has 1 aromatic rings. The molecule has 0 radical (unpaired) electrons. The molecule has 1 aromatic carbocycles. The fourth-order valence-corrected chi connectivity index (χ4v) is 1.87. The number of benzene rings is 1. The number of hydrogen-bond acceptors (Lipinski definition) is 1. The molecule has 4 heteroatoms. The van der Waals surface area contributed by atoms with Crippen LogP contribution in [0.15, 0.2) is 16.6 Å². The van der Waals surface area contributed by atoms with Gasteiger partial charge in [0.1, 0.15) is 5.82 Å². The summed E-state index contributed by atoms with van der Waals surface area (Å²) in [5.74, 6) is -0.210. The smallest absolute Gasteiger partial charge is 0.128 e. The van der Waals surface area contributed by atoms with Crippen molar-refractivity contribution in [1.82, 2.24) is 4.90 Å². The van der Waals surface area contributed by atoms with Crippen LogP contribution in [0.2, 0.25) is 5.02 Å². The second-order valence-electron chi connectivity index (χ2n) is 3.32. The van der Waals surface area contributed by atoms with Crippen molar-refractivity contribution in [2.75, 3.05) is 13.1 Å². The predicted molar refractivity (Wildman–Crippen MR) is 65.7 cm³/mol. The molecule has 0 spiro atoms. The van der Waals surface area contributed by atoms with Crippen molar-refractivity contribution >= 4 is 27.5 Å². The standard InChI is InChI=1S/C11H14BrClFN/c1-3-15(4-2)7-8-5-10(13)9(12)6-11(8)14/h5-6H,3-4,7H2,1-2H3. The molecule has 15 heavy (non-hydrogen) atoms. The number of halogens is 3. The number of hydrogen-bond donors (Lipinski definition) is 0. The van der Waals surface area contributed by atoms with Crippen LogP contribution in [0.25, 0.3) is 0 Å². The first-order chi connectivity index (χ1) is 7.08. The zero-order valence-corrected chi connectivity index (χ0v) is 11.2. The molecule has 0 fully saturated rings. The summed E-state index contributed by atoms with van der Waals surface area (Å²) >= 11 is 9.12. The van der Waals surface area contributed by atoms with E-state index in [0.717, 1.165) is 13.1 Å². The summed E-state index contributed by atoms with van der Waals surface area (Å²) in [4.78, 5) is 2.14. The van der Waals surface area contributed by atoms with Gasteiger partial charge in [-0.2, -0.15) is 0 Å². The lowest BCUT2D eigenvalue weighted by Crippen LogP contribution is -2.22. The highest BCUT2D eigenvalue weighted by atomic mass is 79.9. The lowest BCUT2D eigenvalue weighted by molar-refractivity contribution is 0.291. The Morgan fingerprint density at radius 2 is 1.93 bits per heavy atom. The van der Waals surface area contributed by atoms with Crippen LogP contribution in [-0.2, 0) is 6.54 Å². The monoisotopic (exact) mass is 293 g/mol. The van der Waals surface area contributed by atoms with Gasteiger partial charge in [0.2, 0.25) is 0 Å². The van der Waals surface area contributed by atoms with Gasteiger partial charge < -0.3 is 0 Å². The Morgan fingerprint density at radius 1 is 1.33 bits per heavy atom. The summed E-state index contributed by atoms with van der Waals surface area (Å²) in [5.41, 5.74) is 0.645. The summed E-state index contributed by atoms with van der Waals surface area (Å²) in [6.45, 7) is 6.53. The van der Waals surface area contributed by atoms with E-state index in [1.807, 2.05) is 0 Å². The van der Waals surface area contributed by atoms with E-state index in [0.29, 0.717) is 21.6 Å².